The number of pyridine rings is 3. The highest BCUT2D eigenvalue weighted by Crippen LogP contribution is 2.35. The summed E-state index contributed by atoms with van der Waals surface area (Å²) in [6.07, 6.45) is 6.98. The van der Waals surface area contributed by atoms with Gasteiger partial charge in [-0.15, -0.1) is 11.3 Å². The second-order valence-corrected chi connectivity index (χ2v) is 10.3. The van der Waals surface area contributed by atoms with Crippen molar-refractivity contribution in [2.45, 2.75) is 18.9 Å². The fraction of sp³-hybridized carbons (Fsp3) is 0.185. The van der Waals surface area contributed by atoms with Gasteiger partial charge in [0.05, 0.1) is 17.9 Å². The van der Waals surface area contributed by atoms with Crippen LogP contribution in [0.1, 0.15) is 12.0 Å². The Hall–Kier alpha value is -4.02. The Balaban J connectivity index is 1.24. The molecule has 0 radical (unpaired) electrons. The lowest BCUT2D eigenvalue weighted by Crippen LogP contribution is -2.24. The summed E-state index contributed by atoms with van der Waals surface area (Å²) in [6.45, 7) is 0.616. The molecule has 184 valence electrons. The predicted molar refractivity (Wildman–Crippen MR) is 140 cm³/mol. The van der Waals surface area contributed by atoms with E-state index in [-0.39, 0.29) is 13.0 Å². The van der Waals surface area contributed by atoms with Gasteiger partial charge in [0, 0.05) is 76.6 Å². The zero-order valence-electron chi connectivity index (χ0n) is 19.6. The van der Waals surface area contributed by atoms with Crippen molar-refractivity contribution in [3.8, 4) is 33.0 Å². The molecule has 6 aromatic rings. The number of H-pyrrole nitrogens is 2. The number of alkyl halides is 2. The van der Waals surface area contributed by atoms with Gasteiger partial charge in [0.15, 0.2) is 5.65 Å². The molecular weight excluding hydrogens is 492 g/mol. The first-order chi connectivity index (χ1) is 18.0. The average molecular weight is 514 g/mol. The molecule has 7 heterocycles. The summed E-state index contributed by atoms with van der Waals surface area (Å²) in [5, 5.41) is 11.5. The van der Waals surface area contributed by atoms with Crippen LogP contribution in [-0.4, -0.2) is 54.0 Å². The minimum Gasteiger partial charge on any atom is -0.338 e. The van der Waals surface area contributed by atoms with Gasteiger partial charge in [-0.3, -0.25) is 15.0 Å². The number of rotatable bonds is 5. The van der Waals surface area contributed by atoms with E-state index in [4.69, 9.17) is 0 Å². The molecule has 0 saturated carbocycles. The van der Waals surface area contributed by atoms with Crippen molar-refractivity contribution in [3.63, 3.8) is 0 Å². The molecule has 7 rings (SSSR count). The first-order valence-electron chi connectivity index (χ1n) is 11.9. The first-order valence-corrected chi connectivity index (χ1v) is 12.8. The van der Waals surface area contributed by atoms with Crippen LogP contribution in [0.4, 0.5) is 8.78 Å². The quantitative estimate of drug-likeness (QED) is 0.290. The number of hydrogen-bond acceptors (Lipinski definition) is 6. The third kappa shape index (κ3) is 4.08. The lowest BCUT2D eigenvalue weighted by molar-refractivity contribution is 0.0115. The van der Waals surface area contributed by atoms with Crippen LogP contribution in [0.3, 0.4) is 0 Å². The molecule has 0 aliphatic carbocycles. The number of nitrogens with one attached hydrogen (secondary N) is 2. The van der Waals surface area contributed by atoms with Crippen molar-refractivity contribution in [3.05, 3.63) is 72.1 Å². The van der Waals surface area contributed by atoms with E-state index >= 15 is 0 Å². The van der Waals surface area contributed by atoms with E-state index in [2.05, 4.69) is 47.6 Å². The monoisotopic (exact) mass is 513 g/mol. The van der Waals surface area contributed by atoms with E-state index in [1.807, 2.05) is 30.5 Å². The fourth-order valence-electron chi connectivity index (χ4n) is 5.00. The molecule has 0 amide bonds. The number of halogens is 2. The number of fused-ring (bicyclic) bond motifs is 2. The minimum absolute atomic E-state index is 0.0952. The van der Waals surface area contributed by atoms with E-state index in [1.165, 1.54) is 4.88 Å². The Bertz CT molecular complexity index is 1740. The van der Waals surface area contributed by atoms with Gasteiger partial charge < -0.3 is 4.98 Å². The molecule has 6 aromatic heterocycles. The highest BCUT2D eigenvalue weighted by molar-refractivity contribution is 7.13. The molecule has 0 bridgehead atoms. The van der Waals surface area contributed by atoms with Crippen molar-refractivity contribution in [2.75, 3.05) is 13.1 Å². The van der Waals surface area contributed by atoms with Crippen molar-refractivity contribution in [1.82, 2.24) is 35.0 Å². The lowest BCUT2D eigenvalue weighted by Gasteiger charge is -2.15. The largest absolute Gasteiger partial charge is 0.338 e. The second kappa shape index (κ2) is 8.53. The molecule has 0 aromatic carbocycles. The molecular formula is C27H21F2N7S. The van der Waals surface area contributed by atoms with Gasteiger partial charge in [0.25, 0.3) is 5.92 Å². The highest BCUT2D eigenvalue weighted by Gasteiger charge is 2.37. The number of likely N-dealkylation sites (tertiary alicyclic amines) is 1. The summed E-state index contributed by atoms with van der Waals surface area (Å²) in [7, 11) is 0. The standard InChI is InChI=1S/C27H21F2N7S/c28-27(29)4-6-36(15-27)14-16-8-17(12-30-11-16)18-9-21-24(34-35-26(21)32-13-18)22-10-20-19(23-2-1-7-37-23)3-5-31-25(20)33-22/h1-3,5,7-13H,4,6,14-15H2,(H,31,33)(H,32,34,35). The number of nitrogens with zero attached hydrogens (tertiary/aromatic N) is 5. The van der Waals surface area contributed by atoms with E-state index in [1.54, 1.807) is 34.8 Å². The SMILES string of the molecule is FC1(F)CCN(Cc2cncc(-c3cnc4n[nH]c(-c5cc6c(-c7cccs7)ccnc6[nH]5)c4c3)c2)C1. The fourth-order valence-corrected chi connectivity index (χ4v) is 5.77. The first kappa shape index (κ1) is 22.2. The number of aromatic nitrogens is 6. The predicted octanol–water partition coefficient (Wildman–Crippen LogP) is 6.13. The number of aromatic amines is 2. The third-order valence-corrected chi connectivity index (χ3v) is 7.68. The maximum absolute atomic E-state index is 13.6. The zero-order chi connectivity index (χ0) is 25.0. The van der Waals surface area contributed by atoms with E-state index in [0.717, 1.165) is 50.1 Å². The van der Waals surface area contributed by atoms with Gasteiger partial charge in [0.1, 0.15) is 5.65 Å². The summed E-state index contributed by atoms with van der Waals surface area (Å²) >= 11 is 1.69. The second-order valence-electron chi connectivity index (χ2n) is 9.37. The Morgan fingerprint density at radius 1 is 1.03 bits per heavy atom. The van der Waals surface area contributed by atoms with Crippen LogP contribution < -0.4 is 0 Å². The molecule has 0 atom stereocenters. The van der Waals surface area contributed by atoms with Gasteiger partial charge in [0.2, 0.25) is 0 Å². The molecule has 2 N–H and O–H groups in total. The Kier molecular flexibility index (Phi) is 5.12. The van der Waals surface area contributed by atoms with Crippen LogP contribution in [-0.2, 0) is 6.54 Å². The third-order valence-electron chi connectivity index (χ3n) is 6.78. The van der Waals surface area contributed by atoms with Crippen molar-refractivity contribution in [1.29, 1.82) is 0 Å². The molecule has 1 saturated heterocycles. The van der Waals surface area contributed by atoms with Gasteiger partial charge >= 0.3 is 0 Å². The van der Waals surface area contributed by atoms with Crippen LogP contribution in [0, 0.1) is 0 Å². The summed E-state index contributed by atoms with van der Waals surface area (Å²) in [5.41, 5.74) is 6.88. The molecule has 7 nitrogen and oxygen atoms in total. The molecule has 37 heavy (non-hydrogen) atoms. The topological polar surface area (TPSA) is 86.4 Å². The Morgan fingerprint density at radius 2 is 1.95 bits per heavy atom. The smallest absolute Gasteiger partial charge is 0.261 e. The van der Waals surface area contributed by atoms with Crippen molar-refractivity contribution >= 4 is 33.4 Å². The van der Waals surface area contributed by atoms with Gasteiger partial charge in [-0.25, -0.2) is 18.7 Å². The van der Waals surface area contributed by atoms with Crippen LogP contribution in [0.5, 0.6) is 0 Å². The van der Waals surface area contributed by atoms with Crippen LogP contribution in [0.2, 0.25) is 0 Å². The molecule has 0 unspecified atom stereocenters. The molecule has 10 heteroatoms. The van der Waals surface area contributed by atoms with Crippen molar-refractivity contribution < 1.29 is 8.78 Å². The maximum atomic E-state index is 13.6. The molecule has 1 aliphatic rings. The van der Waals surface area contributed by atoms with Crippen LogP contribution in [0.25, 0.3) is 55.0 Å². The number of hydrogen-bond donors (Lipinski definition) is 2. The number of thiophene rings is 1. The lowest BCUT2D eigenvalue weighted by atomic mass is 10.1. The summed E-state index contributed by atoms with van der Waals surface area (Å²) in [4.78, 5) is 19.8. The minimum atomic E-state index is -2.61. The average Bonchev–Trinajstić information content (AvgIpc) is 3.69. The molecule has 1 aliphatic heterocycles. The van der Waals surface area contributed by atoms with Crippen LogP contribution >= 0.6 is 11.3 Å². The van der Waals surface area contributed by atoms with Gasteiger partial charge in [-0.2, -0.15) is 5.10 Å². The van der Waals surface area contributed by atoms with E-state index < -0.39 is 5.92 Å². The molecule has 1 fully saturated rings. The van der Waals surface area contributed by atoms with E-state index in [9.17, 15) is 8.78 Å². The summed E-state index contributed by atoms with van der Waals surface area (Å²) in [5.74, 6) is -2.61. The Labute approximate surface area is 214 Å². The zero-order valence-corrected chi connectivity index (χ0v) is 20.4. The summed E-state index contributed by atoms with van der Waals surface area (Å²) < 4.78 is 27.2. The maximum Gasteiger partial charge on any atom is 0.261 e. The normalized spacial score (nSPS) is 15.7. The molecule has 0 spiro atoms. The van der Waals surface area contributed by atoms with E-state index in [0.29, 0.717) is 18.7 Å². The summed E-state index contributed by atoms with van der Waals surface area (Å²) in [6, 6.07) is 12.3. The van der Waals surface area contributed by atoms with Crippen molar-refractivity contribution in [2.24, 2.45) is 0 Å². The van der Waals surface area contributed by atoms with Crippen LogP contribution in [0.15, 0.2) is 66.6 Å². The highest BCUT2D eigenvalue weighted by atomic mass is 32.1. The van der Waals surface area contributed by atoms with Gasteiger partial charge in [-0.05, 0) is 41.3 Å². The van der Waals surface area contributed by atoms with Gasteiger partial charge in [-0.1, -0.05) is 6.07 Å². The Morgan fingerprint density at radius 3 is 2.78 bits per heavy atom.